The first-order valence-corrected chi connectivity index (χ1v) is 12.5. The van der Waals surface area contributed by atoms with Gasteiger partial charge in [0, 0.05) is 40.7 Å². The van der Waals surface area contributed by atoms with Gasteiger partial charge in [-0.05, 0) is 42.7 Å². The maximum Gasteiger partial charge on any atom is 0.328 e. The van der Waals surface area contributed by atoms with Crippen LogP contribution in [0.15, 0.2) is 59.2 Å². The Hall–Kier alpha value is -2.58. The van der Waals surface area contributed by atoms with Crippen LogP contribution >= 0.6 is 27.7 Å². The number of carbonyl (C=O) groups excluding carboxylic acids is 3. The first kappa shape index (κ1) is 25.1. The largest absolute Gasteiger partial charge is 0.464 e. The molecule has 2 aromatic carbocycles. The quantitative estimate of drug-likeness (QED) is 0.372. The molecule has 2 atom stereocenters. The molecule has 1 heterocycles. The van der Waals surface area contributed by atoms with Gasteiger partial charge in [-0.3, -0.25) is 9.59 Å². The molecule has 0 aliphatic carbocycles. The van der Waals surface area contributed by atoms with Crippen molar-refractivity contribution in [1.29, 1.82) is 0 Å². The van der Waals surface area contributed by atoms with E-state index in [9.17, 15) is 14.4 Å². The number of aromatic nitrogens is 1. The summed E-state index contributed by atoms with van der Waals surface area (Å²) in [6.45, 7) is 3.44. The highest BCUT2D eigenvalue weighted by Gasteiger charge is 2.28. The van der Waals surface area contributed by atoms with Crippen LogP contribution in [0.4, 0.5) is 0 Å². The number of para-hydroxylation sites is 1. The van der Waals surface area contributed by atoms with Gasteiger partial charge in [-0.1, -0.05) is 58.0 Å². The number of H-pyrrole nitrogens is 1. The second-order valence-corrected chi connectivity index (χ2v) is 9.82. The molecule has 174 valence electrons. The first-order valence-electron chi connectivity index (χ1n) is 10.8. The minimum Gasteiger partial charge on any atom is -0.464 e. The van der Waals surface area contributed by atoms with Crippen molar-refractivity contribution in [1.82, 2.24) is 10.3 Å². The summed E-state index contributed by atoms with van der Waals surface area (Å²) in [5, 5.41) is 3.85. The number of nitrogens with one attached hydrogen (secondary N) is 2. The lowest BCUT2D eigenvalue weighted by Gasteiger charge is -2.21. The van der Waals surface area contributed by atoms with Crippen LogP contribution in [0.5, 0.6) is 0 Å². The summed E-state index contributed by atoms with van der Waals surface area (Å²) in [6, 6.07) is 14.7. The molecule has 0 spiro atoms. The van der Waals surface area contributed by atoms with Gasteiger partial charge in [0.2, 0.25) is 5.91 Å². The third kappa shape index (κ3) is 7.20. The molecule has 8 heteroatoms. The number of rotatable bonds is 10. The molecule has 33 heavy (non-hydrogen) atoms. The lowest BCUT2D eigenvalue weighted by molar-refractivity contribution is -0.147. The maximum atomic E-state index is 13.3. The van der Waals surface area contributed by atoms with Crippen molar-refractivity contribution in [2.45, 2.75) is 32.7 Å². The monoisotopic (exact) mass is 530 g/mol. The number of carbonyl (C=O) groups is 3. The number of esters is 1. The number of benzene rings is 2. The zero-order valence-corrected chi connectivity index (χ0v) is 21.0. The van der Waals surface area contributed by atoms with Crippen molar-refractivity contribution in [3.05, 3.63) is 70.3 Å². The fraction of sp³-hybridized carbons (Fsp3) is 0.320. The van der Waals surface area contributed by atoms with Gasteiger partial charge in [-0.15, -0.1) is 0 Å². The second kappa shape index (κ2) is 12.0. The van der Waals surface area contributed by atoms with Gasteiger partial charge in [0.05, 0.1) is 12.5 Å². The number of thioether (sulfide) groups is 1. The molecule has 0 bridgehead atoms. The third-order valence-corrected chi connectivity index (χ3v) is 6.69. The third-order valence-electron chi connectivity index (χ3n) is 5.22. The topological polar surface area (TPSA) is 88.3 Å². The highest BCUT2D eigenvalue weighted by atomic mass is 79.9. The minimum absolute atomic E-state index is 0.0530. The summed E-state index contributed by atoms with van der Waals surface area (Å²) in [5.74, 6) is -0.901. The van der Waals surface area contributed by atoms with Gasteiger partial charge in [-0.25, -0.2) is 4.79 Å². The van der Waals surface area contributed by atoms with Crippen LogP contribution in [0, 0.1) is 5.92 Å². The van der Waals surface area contributed by atoms with E-state index in [4.69, 9.17) is 4.74 Å². The Morgan fingerprint density at radius 3 is 2.64 bits per heavy atom. The predicted octanol–water partition coefficient (Wildman–Crippen LogP) is 4.66. The summed E-state index contributed by atoms with van der Waals surface area (Å²) in [7, 11) is 0. The highest BCUT2D eigenvalue weighted by Crippen LogP contribution is 2.21. The number of ether oxygens (including phenoxy) is 1. The van der Waals surface area contributed by atoms with Crippen molar-refractivity contribution in [2.75, 3.05) is 12.4 Å². The van der Waals surface area contributed by atoms with E-state index in [1.165, 1.54) is 6.92 Å². The van der Waals surface area contributed by atoms with Gasteiger partial charge < -0.3 is 15.0 Å². The van der Waals surface area contributed by atoms with Gasteiger partial charge in [0.15, 0.2) is 5.12 Å². The molecule has 0 aliphatic heterocycles. The molecule has 1 aromatic heterocycles. The van der Waals surface area contributed by atoms with E-state index in [0.29, 0.717) is 18.6 Å². The van der Waals surface area contributed by atoms with Crippen molar-refractivity contribution < 1.29 is 19.1 Å². The molecule has 1 unspecified atom stereocenters. The zero-order chi connectivity index (χ0) is 23.8. The molecule has 0 saturated heterocycles. The molecule has 3 aromatic rings. The van der Waals surface area contributed by atoms with E-state index >= 15 is 0 Å². The normalized spacial score (nSPS) is 12.8. The molecule has 1 amide bonds. The Morgan fingerprint density at radius 1 is 1.12 bits per heavy atom. The Bertz CT molecular complexity index is 1130. The van der Waals surface area contributed by atoms with Crippen LogP contribution in [-0.2, 0) is 32.0 Å². The van der Waals surface area contributed by atoms with Gasteiger partial charge in [0.1, 0.15) is 6.04 Å². The number of hydrogen-bond donors (Lipinski definition) is 2. The zero-order valence-electron chi connectivity index (χ0n) is 18.6. The van der Waals surface area contributed by atoms with Gasteiger partial charge >= 0.3 is 5.97 Å². The first-order chi connectivity index (χ1) is 15.9. The van der Waals surface area contributed by atoms with E-state index in [1.807, 2.05) is 54.7 Å². The van der Waals surface area contributed by atoms with E-state index in [2.05, 4.69) is 26.2 Å². The van der Waals surface area contributed by atoms with Crippen LogP contribution in [0.1, 0.15) is 25.0 Å². The Kier molecular flexibility index (Phi) is 9.14. The van der Waals surface area contributed by atoms with E-state index in [-0.39, 0.29) is 17.6 Å². The average Bonchev–Trinajstić information content (AvgIpc) is 3.19. The fourth-order valence-corrected chi connectivity index (χ4v) is 4.79. The van der Waals surface area contributed by atoms with E-state index in [1.54, 1.807) is 6.92 Å². The smallest absolute Gasteiger partial charge is 0.328 e. The number of aromatic amines is 1. The van der Waals surface area contributed by atoms with Crippen LogP contribution in [0.25, 0.3) is 10.9 Å². The lowest BCUT2D eigenvalue weighted by Crippen LogP contribution is -2.46. The maximum absolute atomic E-state index is 13.3. The van der Waals surface area contributed by atoms with Crippen molar-refractivity contribution >= 4 is 55.6 Å². The molecule has 0 radical (unpaired) electrons. The van der Waals surface area contributed by atoms with E-state index < -0.39 is 17.9 Å². The van der Waals surface area contributed by atoms with Gasteiger partial charge in [0.25, 0.3) is 0 Å². The molecule has 0 aliphatic rings. The fourth-order valence-electron chi connectivity index (χ4n) is 3.64. The molecule has 6 nitrogen and oxygen atoms in total. The summed E-state index contributed by atoms with van der Waals surface area (Å²) in [5.41, 5.74) is 2.86. The van der Waals surface area contributed by atoms with Crippen LogP contribution in [0.3, 0.4) is 0 Å². The highest BCUT2D eigenvalue weighted by molar-refractivity contribution is 9.10. The van der Waals surface area contributed by atoms with Crippen LogP contribution < -0.4 is 5.32 Å². The van der Waals surface area contributed by atoms with Crippen molar-refractivity contribution in [3.8, 4) is 0 Å². The molecular formula is C25H27BrN2O4S. The molecule has 3 rings (SSSR count). The van der Waals surface area contributed by atoms with Crippen molar-refractivity contribution in [3.63, 3.8) is 0 Å². The molecular weight excluding hydrogens is 504 g/mol. The summed E-state index contributed by atoms with van der Waals surface area (Å²) >= 11 is 4.57. The molecule has 2 N–H and O–H groups in total. The van der Waals surface area contributed by atoms with Crippen LogP contribution in [0.2, 0.25) is 0 Å². The standard InChI is InChI=1S/C25H27BrN2O4S/c1-3-32-25(31)23(13-18-14-27-22-10-5-4-9-21(18)22)28-24(30)19(15-33-16(2)29)11-17-7-6-8-20(26)12-17/h4-10,12,14,19,23,27H,3,11,13,15H2,1-2H3,(H,28,30)/t19?,23-/m0/s1. The number of hydrogen-bond acceptors (Lipinski definition) is 5. The molecule has 0 saturated carbocycles. The second-order valence-electron chi connectivity index (χ2n) is 7.71. The van der Waals surface area contributed by atoms with Crippen molar-refractivity contribution in [2.24, 2.45) is 5.92 Å². The summed E-state index contributed by atoms with van der Waals surface area (Å²) < 4.78 is 6.17. The average molecular weight is 531 g/mol. The van der Waals surface area contributed by atoms with Gasteiger partial charge in [-0.2, -0.15) is 0 Å². The Morgan fingerprint density at radius 2 is 1.91 bits per heavy atom. The predicted molar refractivity (Wildman–Crippen MR) is 135 cm³/mol. The van der Waals surface area contributed by atoms with Crippen LogP contribution in [-0.4, -0.2) is 40.4 Å². The summed E-state index contributed by atoms with van der Waals surface area (Å²) in [4.78, 5) is 40.8. The Balaban J connectivity index is 1.80. The lowest BCUT2D eigenvalue weighted by atomic mass is 9.99. The number of amides is 1. The SMILES string of the molecule is CCOC(=O)[C@H](Cc1c[nH]c2ccccc12)NC(=O)C(CSC(C)=O)Cc1cccc(Br)c1. The Labute approximate surface area is 206 Å². The summed E-state index contributed by atoms with van der Waals surface area (Å²) in [6.07, 6.45) is 2.61. The van der Waals surface area contributed by atoms with E-state index in [0.717, 1.165) is 38.3 Å². The number of fused-ring (bicyclic) bond motifs is 1. The molecule has 0 fully saturated rings. The minimum atomic E-state index is -0.830. The number of halogens is 1.